The molecule has 1 unspecified atom stereocenters. The maximum Gasteiger partial charge on any atom is 0.244 e. The molecule has 0 aliphatic rings. The van der Waals surface area contributed by atoms with E-state index < -0.39 is 10.0 Å². The van der Waals surface area contributed by atoms with E-state index in [4.69, 9.17) is 5.26 Å². The number of rotatable bonds is 5. The van der Waals surface area contributed by atoms with E-state index >= 15 is 0 Å². The molecule has 0 radical (unpaired) electrons. The highest BCUT2D eigenvalue weighted by atomic mass is 32.2. The van der Waals surface area contributed by atoms with Crippen molar-refractivity contribution >= 4 is 21.4 Å². The minimum Gasteiger partial charge on any atom is -0.244 e. The van der Waals surface area contributed by atoms with Crippen LogP contribution in [0.15, 0.2) is 40.7 Å². The molecule has 20 heavy (non-hydrogen) atoms. The normalized spacial score (nSPS) is 12.8. The molecule has 2 aromatic heterocycles. The predicted molar refractivity (Wildman–Crippen MR) is 76.6 cm³/mol. The molecule has 0 fully saturated rings. The van der Waals surface area contributed by atoms with Crippen LogP contribution >= 0.6 is 11.3 Å². The monoisotopic (exact) mass is 307 g/mol. The van der Waals surface area contributed by atoms with E-state index in [-0.39, 0.29) is 16.6 Å². The molecule has 0 saturated carbocycles. The topological polar surface area (TPSA) is 82.8 Å². The van der Waals surface area contributed by atoms with E-state index in [0.717, 1.165) is 4.88 Å². The lowest BCUT2D eigenvalue weighted by Crippen LogP contribution is -2.28. The Labute approximate surface area is 122 Å². The number of aromatic nitrogens is 1. The highest BCUT2D eigenvalue weighted by Crippen LogP contribution is 2.24. The highest BCUT2D eigenvalue weighted by molar-refractivity contribution is 7.89. The summed E-state index contributed by atoms with van der Waals surface area (Å²) in [6.45, 7) is 1.90. The third-order valence-electron chi connectivity index (χ3n) is 2.76. The maximum absolute atomic E-state index is 12.4. The van der Waals surface area contributed by atoms with E-state index in [9.17, 15) is 8.42 Å². The molecule has 0 aliphatic carbocycles. The first-order valence-corrected chi connectivity index (χ1v) is 8.35. The van der Waals surface area contributed by atoms with Crippen molar-refractivity contribution in [2.24, 2.45) is 0 Å². The van der Waals surface area contributed by atoms with Crippen molar-refractivity contribution in [2.75, 3.05) is 0 Å². The zero-order chi connectivity index (χ0) is 14.6. The lowest BCUT2D eigenvalue weighted by Gasteiger charge is -2.16. The van der Waals surface area contributed by atoms with Gasteiger partial charge in [0.25, 0.3) is 0 Å². The molecule has 0 amide bonds. The molecule has 0 aliphatic heterocycles. The van der Waals surface area contributed by atoms with Crippen LogP contribution in [-0.2, 0) is 10.0 Å². The number of hydrogen-bond acceptors (Lipinski definition) is 5. The van der Waals surface area contributed by atoms with Crippen molar-refractivity contribution in [1.82, 2.24) is 9.71 Å². The van der Waals surface area contributed by atoms with E-state index in [1.165, 1.54) is 29.7 Å². The van der Waals surface area contributed by atoms with Crippen LogP contribution in [0.2, 0.25) is 0 Å². The molecule has 7 heteroatoms. The van der Waals surface area contributed by atoms with Gasteiger partial charge in [0, 0.05) is 11.1 Å². The van der Waals surface area contributed by atoms with Crippen molar-refractivity contribution in [2.45, 2.75) is 24.3 Å². The maximum atomic E-state index is 12.4. The summed E-state index contributed by atoms with van der Waals surface area (Å²) >= 11 is 1.49. The van der Waals surface area contributed by atoms with E-state index in [1.807, 2.05) is 24.4 Å². The summed E-state index contributed by atoms with van der Waals surface area (Å²) in [5, 5.41) is 10.9. The number of nitrogens with one attached hydrogen (secondary N) is 1. The van der Waals surface area contributed by atoms with Gasteiger partial charge in [0.15, 0.2) is 5.69 Å². The Balaban J connectivity index is 2.34. The quantitative estimate of drug-likeness (QED) is 0.919. The molecule has 2 heterocycles. The van der Waals surface area contributed by atoms with Gasteiger partial charge in [-0.1, -0.05) is 13.0 Å². The molecule has 1 atom stereocenters. The van der Waals surface area contributed by atoms with E-state index in [1.54, 1.807) is 6.07 Å². The molecule has 0 aromatic carbocycles. The molecular formula is C13H13N3O2S2. The van der Waals surface area contributed by atoms with Gasteiger partial charge in [0.05, 0.1) is 6.04 Å². The van der Waals surface area contributed by atoms with Crippen LogP contribution in [0.1, 0.15) is 30.0 Å². The fourth-order valence-corrected chi connectivity index (χ4v) is 4.12. The fourth-order valence-electron chi connectivity index (χ4n) is 1.77. The Morgan fingerprint density at radius 2 is 2.25 bits per heavy atom. The van der Waals surface area contributed by atoms with E-state index in [2.05, 4.69) is 9.71 Å². The van der Waals surface area contributed by atoms with Crippen molar-refractivity contribution in [3.05, 3.63) is 46.4 Å². The second-order valence-electron chi connectivity index (χ2n) is 4.06. The number of sulfonamides is 1. The summed E-state index contributed by atoms with van der Waals surface area (Å²) in [4.78, 5) is 4.64. The Morgan fingerprint density at radius 3 is 2.85 bits per heavy atom. The first kappa shape index (κ1) is 14.7. The van der Waals surface area contributed by atoms with Crippen LogP contribution in [0.4, 0.5) is 0 Å². The minimum atomic E-state index is -3.77. The molecule has 0 saturated heterocycles. The highest BCUT2D eigenvalue weighted by Gasteiger charge is 2.23. The van der Waals surface area contributed by atoms with Crippen LogP contribution in [0.5, 0.6) is 0 Å². The summed E-state index contributed by atoms with van der Waals surface area (Å²) in [6, 6.07) is 8.15. The van der Waals surface area contributed by atoms with Crippen LogP contribution in [-0.4, -0.2) is 13.4 Å². The van der Waals surface area contributed by atoms with Gasteiger partial charge in [-0.3, -0.25) is 0 Å². The van der Waals surface area contributed by atoms with Crippen molar-refractivity contribution < 1.29 is 8.42 Å². The number of pyridine rings is 1. The number of nitriles is 1. The van der Waals surface area contributed by atoms with Gasteiger partial charge < -0.3 is 0 Å². The molecule has 2 rings (SSSR count). The average Bonchev–Trinajstić information content (AvgIpc) is 2.98. The van der Waals surface area contributed by atoms with Crippen LogP contribution in [0, 0.1) is 11.3 Å². The third-order valence-corrected chi connectivity index (χ3v) is 5.25. The summed E-state index contributed by atoms with van der Waals surface area (Å²) in [5.74, 6) is 0. The standard InChI is InChI=1S/C13H13N3O2S2/c1-2-10(12-5-4-8-19-12)16-20(17,18)13-6-3-7-15-11(13)9-14/h3-8,10,16H,2H2,1H3. The van der Waals surface area contributed by atoms with Gasteiger partial charge in [-0.15, -0.1) is 11.3 Å². The lowest BCUT2D eigenvalue weighted by atomic mass is 10.2. The van der Waals surface area contributed by atoms with Crippen LogP contribution < -0.4 is 4.72 Å². The van der Waals surface area contributed by atoms with Crippen molar-refractivity contribution in [3.63, 3.8) is 0 Å². The van der Waals surface area contributed by atoms with Gasteiger partial charge in [0.1, 0.15) is 11.0 Å². The van der Waals surface area contributed by atoms with Crippen molar-refractivity contribution in [3.8, 4) is 6.07 Å². The summed E-state index contributed by atoms with van der Waals surface area (Å²) in [6.07, 6.45) is 2.02. The van der Waals surface area contributed by atoms with Crippen LogP contribution in [0.3, 0.4) is 0 Å². The predicted octanol–water partition coefficient (Wildman–Crippen LogP) is 2.44. The Bertz CT molecular complexity index is 718. The largest absolute Gasteiger partial charge is 0.244 e. The zero-order valence-corrected chi connectivity index (χ0v) is 12.4. The minimum absolute atomic E-state index is 0.0856. The van der Waals surface area contributed by atoms with Crippen molar-refractivity contribution in [1.29, 1.82) is 5.26 Å². The van der Waals surface area contributed by atoms with Gasteiger partial charge in [0.2, 0.25) is 10.0 Å². The first-order chi connectivity index (χ1) is 9.58. The SMILES string of the molecule is CCC(NS(=O)(=O)c1cccnc1C#N)c1cccs1. The fraction of sp³-hybridized carbons (Fsp3) is 0.231. The molecule has 0 bridgehead atoms. The molecule has 5 nitrogen and oxygen atoms in total. The summed E-state index contributed by atoms with van der Waals surface area (Å²) in [7, 11) is -3.77. The summed E-state index contributed by atoms with van der Waals surface area (Å²) < 4.78 is 27.4. The first-order valence-electron chi connectivity index (χ1n) is 5.99. The average molecular weight is 307 g/mol. The van der Waals surface area contributed by atoms with Gasteiger partial charge in [-0.25, -0.2) is 18.1 Å². The number of thiophene rings is 1. The Hall–Kier alpha value is -1.75. The number of nitrogens with zero attached hydrogens (tertiary/aromatic N) is 2. The second kappa shape index (κ2) is 6.13. The molecule has 0 spiro atoms. The lowest BCUT2D eigenvalue weighted by molar-refractivity contribution is 0.552. The smallest absolute Gasteiger partial charge is 0.244 e. The molecule has 104 valence electrons. The Morgan fingerprint density at radius 1 is 1.45 bits per heavy atom. The van der Waals surface area contributed by atoms with Gasteiger partial charge >= 0.3 is 0 Å². The zero-order valence-electron chi connectivity index (χ0n) is 10.8. The molecule has 2 aromatic rings. The second-order valence-corrected chi connectivity index (χ2v) is 6.72. The van der Waals surface area contributed by atoms with Gasteiger partial charge in [-0.2, -0.15) is 5.26 Å². The van der Waals surface area contributed by atoms with Gasteiger partial charge in [-0.05, 0) is 30.0 Å². The summed E-state index contributed by atoms with van der Waals surface area (Å²) in [5.41, 5.74) is -0.0963. The van der Waals surface area contributed by atoms with E-state index in [0.29, 0.717) is 6.42 Å². The molecular weight excluding hydrogens is 294 g/mol. The van der Waals surface area contributed by atoms with Crippen LogP contribution in [0.25, 0.3) is 0 Å². The Kier molecular flexibility index (Phi) is 4.49. The number of hydrogen-bond donors (Lipinski definition) is 1. The third kappa shape index (κ3) is 3.04. The molecule has 1 N–H and O–H groups in total.